The van der Waals surface area contributed by atoms with E-state index in [9.17, 15) is 18.0 Å². The second kappa shape index (κ2) is 5.53. The molecule has 1 N–H and O–H groups in total. The number of halogens is 4. The maximum absolute atomic E-state index is 12.9. The molecule has 1 amide bonds. The fraction of sp³-hybridized carbons (Fsp3) is 0.364. The topological polar surface area (TPSA) is 29.1 Å². The molecule has 6 heteroatoms. The summed E-state index contributed by atoms with van der Waals surface area (Å²) in [4.78, 5) is 11.1. The van der Waals surface area contributed by atoms with E-state index in [1.54, 1.807) is 0 Å². The summed E-state index contributed by atoms with van der Waals surface area (Å²) in [7, 11) is 0. The zero-order valence-corrected chi connectivity index (χ0v) is 10.8. The van der Waals surface area contributed by atoms with Gasteiger partial charge in [-0.2, -0.15) is 0 Å². The number of hydrogen-bond donors (Lipinski definition) is 1. The van der Waals surface area contributed by atoms with Gasteiger partial charge in [-0.1, -0.05) is 29.8 Å². The number of carbonyl (C=O) groups is 1. The van der Waals surface area contributed by atoms with Gasteiger partial charge in [-0.3, -0.25) is 4.79 Å². The number of alkyl halides is 1. The quantitative estimate of drug-likeness (QED) is 0.672. The minimum atomic E-state index is -1.55. The second-order valence-electron chi connectivity index (χ2n) is 3.89. The third-order valence-electron chi connectivity index (χ3n) is 2.09. The largest absolute Gasteiger partial charge is 0.325 e. The number of rotatable bonds is 3. The van der Waals surface area contributed by atoms with Crippen LogP contribution in [0, 0.1) is 23.4 Å². The number of amides is 1. The number of benzene rings is 1. The van der Waals surface area contributed by atoms with Gasteiger partial charge in [0.15, 0.2) is 17.5 Å². The monoisotopic (exact) mass is 309 g/mol. The molecular weight excluding hydrogens is 299 g/mol. The molecule has 1 atom stereocenters. The van der Waals surface area contributed by atoms with Gasteiger partial charge in [0.25, 0.3) is 0 Å². The Morgan fingerprint density at radius 2 is 1.71 bits per heavy atom. The van der Waals surface area contributed by atoms with Crippen molar-refractivity contribution in [2.45, 2.75) is 18.7 Å². The van der Waals surface area contributed by atoms with Gasteiger partial charge in [0.05, 0.1) is 4.83 Å². The van der Waals surface area contributed by atoms with Gasteiger partial charge in [0, 0.05) is 17.8 Å². The number of carbonyl (C=O) groups excluding carboxylic acids is 1. The Kier molecular flexibility index (Phi) is 4.56. The third-order valence-corrected chi connectivity index (χ3v) is 3.56. The van der Waals surface area contributed by atoms with Gasteiger partial charge in [0.2, 0.25) is 5.91 Å². The summed E-state index contributed by atoms with van der Waals surface area (Å²) in [6.07, 6.45) is 0. The Balaban J connectivity index is 2.86. The van der Waals surface area contributed by atoms with E-state index in [0.717, 1.165) is 12.1 Å². The van der Waals surface area contributed by atoms with Crippen LogP contribution in [0.4, 0.5) is 18.9 Å². The molecule has 0 aromatic heterocycles. The first-order valence-corrected chi connectivity index (χ1v) is 5.84. The summed E-state index contributed by atoms with van der Waals surface area (Å²) < 4.78 is 38.4. The Bertz CT molecular complexity index is 414. The van der Waals surface area contributed by atoms with Crippen molar-refractivity contribution in [1.82, 2.24) is 0 Å². The van der Waals surface area contributed by atoms with Crippen LogP contribution >= 0.6 is 15.9 Å². The van der Waals surface area contributed by atoms with Crippen molar-refractivity contribution in [3.8, 4) is 0 Å². The van der Waals surface area contributed by atoms with E-state index in [4.69, 9.17) is 0 Å². The van der Waals surface area contributed by atoms with Crippen LogP contribution in [0.15, 0.2) is 12.1 Å². The first-order valence-electron chi connectivity index (χ1n) is 4.92. The summed E-state index contributed by atoms with van der Waals surface area (Å²) in [6.45, 7) is 3.62. The Morgan fingerprint density at radius 3 is 2.12 bits per heavy atom. The van der Waals surface area contributed by atoms with Gasteiger partial charge in [-0.15, -0.1) is 0 Å². The molecule has 0 heterocycles. The van der Waals surface area contributed by atoms with Gasteiger partial charge in [0.1, 0.15) is 0 Å². The van der Waals surface area contributed by atoms with Crippen molar-refractivity contribution in [3.63, 3.8) is 0 Å². The molecule has 94 valence electrons. The van der Waals surface area contributed by atoms with Gasteiger partial charge < -0.3 is 5.32 Å². The zero-order chi connectivity index (χ0) is 13.2. The SMILES string of the molecule is CC(C)C(Br)C(=O)Nc1cc(F)c(F)c(F)c1. The first-order chi connectivity index (χ1) is 7.82. The van der Waals surface area contributed by atoms with E-state index in [2.05, 4.69) is 21.2 Å². The fourth-order valence-electron chi connectivity index (χ4n) is 1.14. The first kappa shape index (κ1) is 14.0. The molecule has 0 aliphatic rings. The molecule has 1 aromatic carbocycles. The van der Waals surface area contributed by atoms with Gasteiger partial charge in [-0.05, 0) is 5.92 Å². The van der Waals surface area contributed by atoms with Gasteiger partial charge >= 0.3 is 0 Å². The highest BCUT2D eigenvalue weighted by Gasteiger charge is 2.19. The van der Waals surface area contributed by atoms with E-state index in [1.165, 1.54) is 0 Å². The van der Waals surface area contributed by atoms with Crippen molar-refractivity contribution >= 4 is 27.5 Å². The van der Waals surface area contributed by atoms with Crippen LogP contribution in [0.25, 0.3) is 0 Å². The van der Waals surface area contributed by atoms with Crippen LogP contribution in [-0.2, 0) is 4.79 Å². The van der Waals surface area contributed by atoms with E-state index in [-0.39, 0.29) is 11.6 Å². The molecule has 2 nitrogen and oxygen atoms in total. The Morgan fingerprint density at radius 1 is 1.24 bits per heavy atom. The summed E-state index contributed by atoms with van der Waals surface area (Å²) in [5, 5.41) is 2.30. The van der Waals surface area contributed by atoms with Crippen molar-refractivity contribution in [1.29, 1.82) is 0 Å². The second-order valence-corrected chi connectivity index (χ2v) is 4.88. The molecule has 0 saturated carbocycles. The summed E-state index contributed by atoms with van der Waals surface area (Å²) in [6, 6.07) is 1.46. The molecular formula is C11H11BrF3NO. The summed E-state index contributed by atoms with van der Waals surface area (Å²) >= 11 is 3.14. The fourth-order valence-corrected chi connectivity index (χ4v) is 1.26. The average molecular weight is 310 g/mol. The van der Waals surface area contributed by atoms with Crippen LogP contribution in [0.5, 0.6) is 0 Å². The number of nitrogens with one attached hydrogen (secondary N) is 1. The lowest BCUT2D eigenvalue weighted by molar-refractivity contribution is -0.116. The maximum atomic E-state index is 12.9. The number of anilines is 1. The molecule has 0 aliphatic heterocycles. The van der Waals surface area contributed by atoms with E-state index >= 15 is 0 Å². The van der Waals surface area contributed by atoms with E-state index in [0.29, 0.717) is 0 Å². The van der Waals surface area contributed by atoms with Crippen molar-refractivity contribution in [2.24, 2.45) is 5.92 Å². The van der Waals surface area contributed by atoms with Crippen LogP contribution < -0.4 is 5.32 Å². The zero-order valence-electron chi connectivity index (χ0n) is 9.23. The highest BCUT2D eigenvalue weighted by atomic mass is 79.9. The van der Waals surface area contributed by atoms with E-state index < -0.39 is 28.2 Å². The summed E-state index contributed by atoms with van der Waals surface area (Å²) in [5.74, 6) is -4.65. The minimum Gasteiger partial charge on any atom is -0.325 e. The molecule has 0 bridgehead atoms. The van der Waals surface area contributed by atoms with E-state index in [1.807, 2.05) is 13.8 Å². The predicted molar refractivity (Wildman–Crippen MR) is 62.5 cm³/mol. The molecule has 1 rings (SSSR count). The maximum Gasteiger partial charge on any atom is 0.238 e. The normalized spacial score (nSPS) is 12.6. The smallest absolute Gasteiger partial charge is 0.238 e. The third kappa shape index (κ3) is 3.46. The molecule has 17 heavy (non-hydrogen) atoms. The van der Waals surface area contributed by atoms with Gasteiger partial charge in [-0.25, -0.2) is 13.2 Å². The van der Waals surface area contributed by atoms with Crippen LogP contribution in [0.3, 0.4) is 0 Å². The molecule has 0 radical (unpaired) electrons. The highest BCUT2D eigenvalue weighted by molar-refractivity contribution is 9.10. The van der Waals surface area contributed by atoms with Crippen LogP contribution in [-0.4, -0.2) is 10.7 Å². The predicted octanol–water partition coefficient (Wildman–Crippen LogP) is 3.46. The molecule has 0 aliphatic carbocycles. The van der Waals surface area contributed by atoms with Crippen molar-refractivity contribution in [3.05, 3.63) is 29.6 Å². The lowest BCUT2D eigenvalue weighted by Crippen LogP contribution is -2.27. The summed E-state index contributed by atoms with van der Waals surface area (Å²) in [5.41, 5.74) is -0.114. The highest BCUT2D eigenvalue weighted by Crippen LogP contribution is 2.19. The van der Waals surface area contributed by atoms with Crippen LogP contribution in [0.2, 0.25) is 0 Å². The van der Waals surface area contributed by atoms with Crippen molar-refractivity contribution in [2.75, 3.05) is 5.32 Å². The standard InChI is InChI=1S/C11H11BrF3NO/c1-5(2)9(12)11(17)16-6-3-7(13)10(15)8(14)4-6/h3-5,9H,1-2H3,(H,16,17). The molecule has 0 fully saturated rings. The lowest BCUT2D eigenvalue weighted by Gasteiger charge is -2.14. The lowest BCUT2D eigenvalue weighted by atomic mass is 10.1. The molecule has 1 aromatic rings. The van der Waals surface area contributed by atoms with Crippen LogP contribution in [0.1, 0.15) is 13.8 Å². The minimum absolute atomic E-state index is 0.0187. The average Bonchev–Trinajstić information content (AvgIpc) is 2.24. The number of hydrogen-bond acceptors (Lipinski definition) is 1. The molecule has 1 unspecified atom stereocenters. The molecule has 0 saturated heterocycles. The Hall–Kier alpha value is -1.04. The van der Waals surface area contributed by atoms with Crippen molar-refractivity contribution < 1.29 is 18.0 Å². The molecule has 0 spiro atoms. The Labute approximate surface area is 105 Å².